The minimum Gasteiger partial charge on any atom is -0.392 e. The maximum atomic E-state index is 12.5. The largest absolute Gasteiger partial charge is 0.392 e. The summed E-state index contributed by atoms with van der Waals surface area (Å²) >= 11 is 5.14. The van der Waals surface area contributed by atoms with Crippen LogP contribution in [-0.4, -0.2) is 28.5 Å². The summed E-state index contributed by atoms with van der Waals surface area (Å²) in [5, 5.41) is 0.0126. The van der Waals surface area contributed by atoms with Crippen molar-refractivity contribution in [2.45, 2.75) is 56.6 Å². The third kappa shape index (κ3) is 3.44. The van der Waals surface area contributed by atoms with E-state index < -0.39 is 15.6 Å². The number of rotatable bonds is 5. The molecule has 1 aromatic rings. The number of sulfonamides is 1. The standard InChI is InChI=1S/C13H22N4O2S2/c1-3-17-8-11(15-9-17)21(18,19)16-13(12(14)20)6-4-10(2)5-7-13/h8-10,16H,3-7H2,1-2H3,(H2,14,20). The van der Waals surface area contributed by atoms with Gasteiger partial charge in [0.05, 0.1) is 16.9 Å². The van der Waals surface area contributed by atoms with Crippen molar-refractivity contribution in [3.63, 3.8) is 0 Å². The monoisotopic (exact) mass is 330 g/mol. The molecule has 0 radical (unpaired) electrons. The predicted octanol–water partition coefficient (Wildman–Crippen LogP) is 1.42. The van der Waals surface area contributed by atoms with Crippen LogP contribution in [0.5, 0.6) is 0 Å². The van der Waals surface area contributed by atoms with Crippen molar-refractivity contribution in [1.29, 1.82) is 0 Å². The van der Waals surface area contributed by atoms with E-state index in [0.717, 1.165) is 12.8 Å². The number of nitrogens with zero attached hydrogens (tertiary/aromatic N) is 2. The molecule has 1 heterocycles. The number of nitrogens with two attached hydrogens (primary N) is 1. The molecule has 3 N–H and O–H groups in total. The molecule has 0 aliphatic heterocycles. The van der Waals surface area contributed by atoms with E-state index in [9.17, 15) is 8.42 Å². The van der Waals surface area contributed by atoms with Crippen LogP contribution in [0.25, 0.3) is 0 Å². The summed E-state index contributed by atoms with van der Waals surface area (Å²) in [5.41, 5.74) is 5.02. The topological polar surface area (TPSA) is 90.0 Å². The smallest absolute Gasteiger partial charge is 0.260 e. The number of hydrogen-bond donors (Lipinski definition) is 2. The Labute approximate surface area is 131 Å². The molecule has 21 heavy (non-hydrogen) atoms. The quantitative estimate of drug-likeness (QED) is 0.797. The van der Waals surface area contributed by atoms with Crippen molar-refractivity contribution in [2.75, 3.05) is 0 Å². The van der Waals surface area contributed by atoms with Gasteiger partial charge in [-0.1, -0.05) is 19.1 Å². The SMILES string of the molecule is CCn1cnc(S(=O)(=O)NC2(C(N)=S)CCC(C)CC2)c1. The van der Waals surface area contributed by atoms with Gasteiger partial charge in [-0.3, -0.25) is 0 Å². The Hall–Kier alpha value is -0.990. The number of nitrogens with one attached hydrogen (secondary N) is 1. The highest BCUT2D eigenvalue weighted by atomic mass is 32.2. The molecule has 118 valence electrons. The second-order valence-corrected chi connectivity index (χ2v) is 7.85. The minimum atomic E-state index is -3.72. The third-order valence-electron chi connectivity index (χ3n) is 4.18. The van der Waals surface area contributed by atoms with E-state index in [0.29, 0.717) is 25.3 Å². The molecule has 1 aliphatic carbocycles. The molecule has 1 fully saturated rings. The molecule has 2 rings (SSSR count). The van der Waals surface area contributed by atoms with E-state index in [4.69, 9.17) is 18.0 Å². The molecule has 6 nitrogen and oxygen atoms in total. The zero-order chi connectivity index (χ0) is 15.7. The lowest BCUT2D eigenvalue weighted by Crippen LogP contribution is -2.58. The Bertz CT molecular complexity index is 616. The van der Waals surface area contributed by atoms with Crippen LogP contribution in [0.3, 0.4) is 0 Å². The molecule has 0 atom stereocenters. The molecule has 1 saturated carbocycles. The van der Waals surface area contributed by atoms with E-state index in [-0.39, 0.29) is 10.0 Å². The maximum absolute atomic E-state index is 12.5. The van der Waals surface area contributed by atoms with Gasteiger partial charge in [0.15, 0.2) is 5.03 Å². The fourth-order valence-electron chi connectivity index (χ4n) is 2.61. The summed E-state index contributed by atoms with van der Waals surface area (Å²) in [6, 6.07) is 0. The van der Waals surface area contributed by atoms with Gasteiger partial charge in [0.1, 0.15) is 0 Å². The number of thiocarbonyl (C=S) groups is 1. The van der Waals surface area contributed by atoms with Crippen molar-refractivity contribution in [2.24, 2.45) is 11.7 Å². The van der Waals surface area contributed by atoms with Crippen molar-refractivity contribution in [3.8, 4) is 0 Å². The van der Waals surface area contributed by atoms with Gasteiger partial charge in [-0.15, -0.1) is 0 Å². The Kier molecular flexibility index (Phi) is 4.69. The van der Waals surface area contributed by atoms with Crippen LogP contribution in [0.2, 0.25) is 0 Å². The van der Waals surface area contributed by atoms with Crippen LogP contribution in [0, 0.1) is 5.92 Å². The number of hydrogen-bond acceptors (Lipinski definition) is 4. The predicted molar refractivity (Wildman–Crippen MR) is 85.4 cm³/mol. The van der Waals surface area contributed by atoms with Crippen LogP contribution in [-0.2, 0) is 16.6 Å². The molecule has 1 aromatic heterocycles. The van der Waals surface area contributed by atoms with Gasteiger partial charge in [0.2, 0.25) is 0 Å². The number of aromatic nitrogens is 2. The Morgan fingerprint density at radius 3 is 2.67 bits per heavy atom. The van der Waals surface area contributed by atoms with Gasteiger partial charge < -0.3 is 10.3 Å². The molecule has 0 unspecified atom stereocenters. The van der Waals surface area contributed by atoms with Crippen LogP contribution < -0.4 is 10.5 Å². The summed E-state index contributed by atoms with van der Waals surface area (Å²) in [6.07, 6.45) is 6.10. The van der Waals surface area contributed by atoms with Gasteiger partial charge in [0, 0.05) is 12.7 Å². The van der Waals surface area contributed by atoms with Crippen molar-refractivity contribution < 1.29 is 8.42 Å². The average molecular weight is 330 g/mol. The van der Waals surface area contributed by atoms with Gasteiger partial charge in [-0.25, -0.2) is 13.4 Å². The summed E-state index contributed by atoms with van der Waals surface area (Å²) in [6.45, 7) is 4.74. The third-order valence-corrected chi connectivity index (χ3v) is 5.99. The second kappa shape index (κ2) is 6.02. The fourth-order valence-corrected chi connectivity index (χ4v) is 4.33. The first-order valence-corrected chi connectivity index (χ1v) is 9.04. The Balaban J connectivity index is 2.26. The van der Waals surface area contributed by atoms with Gasteiger partial charge in [-0.05, 0) is 38.5 Å². The Morgan fingerprint density at radius 1 is 1.57 bits per heavy atom. The summed E-state index contributed by atoms with van der Waals surface area (Å²) in [7, 11) is -3.72. The number of imidazole rings is 1. The van der Waals surface area contributed by atoms with Gasteiger partial charge >= 0.3 is 0 Å². The van der Waals surface area contributed by atoms with Crippen molar-refractivity contribution in [3.05, 3.63) is 12.5 Å². The highest BCUT2D eigenvalue weighted by Crippen LogP contribution is 2.33. The van der Waals surface area contributed by atoms with Gasteiger partial charge in [0.25, 0.3) is 10.0 Å². The molecule has 0 amide bonds. The maximum Gasteiger partial charge on any atom is 0.260 e. The molecule has 0 aromatic carbocycles. The van der Waals surface area contributed by atoms with E-state index in [2.05, 4.69) is 16.6 Å². The van der Waals surface area contributed by atoms with Crippen LogP contribution in [0.15, 0.2) is 17.6 Å². The molecule has 8 heteroatoms. The summed E-state index contributed by atoms with van der Waals surface area (Å²) < 4.78 is 29.5. The van der Waals surface area contributed by atoms with Crippen LogP contribution in [0.1, 0.15) is 39.5 Å². The normalized spacial score (nSPS) is 26.7. The summed E-state index contributed by atoms with van der Waals surface area (Å²) in [4.78, 5) is 4.17. The molecular formula is C13H22N4O2S2. The zero-order valence-electron chi connectivity index (χ0n) is 12.4. The fraction of sp³-hybridized carbons (Fsp3) is 0.692. The summed E-state index contributed by atoms with van der Waals surface area (Å²) in [5.74, 6) is 0.566. The average Bonchev–Trinajstić information content (AvgIpc) is 2.91. The highest BCUT2D eigenvalue weighted by Gasteiger charge is 2.41. The van der Waals surface area contributed by atoms with Crippen molar-refractivity contribution in [1.82, 2.24) is 14.3 Å². The molecule has 0 bridgehead atoms. The lowest BCUT2D eigenvalue weighted by atomic mass is 9.78. The number of aryl methyl sites for hydroxylation is 1. The zero-order valence-corrected chi connectivity index (χ0v) is 14.0. The van der Waals surface area contributed by atoms with Gasteiger partial charge in [-0.2, -0.15) is 4.72 Å². The Morgan fingerprint density at radius 2 is 2.19 bits per heavy atom. The molecule has 0 spiro atoms. The first-order valence-electron chi connectivity index (χ1n) is 7.15. The van der Waals surface area contributed by atoms with Crippen molar-refractivity contribution >= 4 is 27.2 Å². The van der Waals surface area contributed by atoms with E-state index in [1.807, 2.05) is 6.92 Å². The second-order valence-electron chi connectivity index (χ2n) is 5.78. The van der Waals surface area contributed by atoms with E-state index in [1.165, 1.54) is 12.5 Å². The van der Waals surface area contributed by atoms with E-state index >= 15 is 0 Å². The molecule has 1 aliphatic rings. The lowest BCUT2D eigenvalue weighted by molar-refractivity contribution is 0.289. The first kappa shape index (κ1) is 16.4. The molecule has 0 saturated heterocycles. The lowest BCUT2D eigenvalue weighted by Gasteiger charge is -2.38. The van der Waals surface area contributed by atoms with Crippen LogP contribution in [0.4, 0.5) is 0 Å². The minimum absolute atomic E-state index is 0.0126. The van der Waals surface area contributed by atoms with E-state index in [1.54, 1.807) is 4.57 Å². The first-order chi connectivity index (χ1) is 9.79. The highest BCUT2D eigenvalue weighted by molar-refractivity contribution is 7.89. The molecular weight excluding hydrogens is 308 g/mol. The van der Waals surface area contributed by atoms with Crippen LogP contribution >= 0.6 is 12.2 Å².